The van der Waals surface area contributed by atoms with Crippen molar-refractivity contribution in [1.82, 2.24) is 0 Å². The molecule has 0 amide bonds. The van der Waals surface area contributed by atoms with E-state index in [1.807, 2.05) is 0 Å². The molecule has 2 aromatic rings. The van der Waals surface area contributed by atoms with Crippen molar-refractivity contribution in [3.63, 3.8) is 0 Å². The van der Waals surface area contributed by atoms with E-state index in [1.54, 1.807) is 6.92 Å². The minimum Gasteiger partial charge on any atom is -0.372 e. The van der Waals surface area contributed by atoms with Crippen LogP contribution in [0.25, 0.3) is 4.48 Å². The minimum atomic E-state index is -5.24. The summed E-state index contributed by atoms with van der Waals surface area (Å²) in [4.78, 5) is -0.507. The molecule has 0 bridgehead atoms. The summed E-state index contributed by atoms with van der Waals surface area (Å²) in [7, 11) is -4.83. The molecule has 0 unspecified atom stereocenters. The van der Waals surface area contributed by atoms with Gasteiger partial charge in [0.15, 0.2) is 0 Å². The molecule has 0 saturated heterocycles. The van der Waals surface area contributed by atoms with Crippen molar-refractivity contribution in [2.45, 2.75) is 24.2 Å². The first-order chi connectivity index (χ1) is 12.7. The summed E-state index contributed by atoms with van der Waals surface area (Å²) in [6, 6.07) is 7.56. The lowest BCUT2D eigenvalue weighted by molar-refractivity contribution is -0.137. The third-order valence-corrected chi connectivity index (χ3v) is 5.48. The second kappa shape index (κ2) is 7.78. The van der Waals surface area contributed by atoms with Crippen LogP contribution in [0.5, 0.6) is 0 Å². The molecule has 0 fully saturated rings. The molecule has 0 aromatic heterocycles. The Labute approximate surface area is 164 Å². The number of aryl methyl sites for hydroxylation is 1. The van der Waals surface area contributed by atoms with Gasteiger partial charge in [-0.05, 0) is 52.7 Å². The van der Waals surface area contributed by atoms with Crippen molar-refractivity contribution in [3.8, 4) is 0 Å². The second-order valence-corrected chi connectivity index (χ2v) is 7.91. The van der Waals surface area contributed by atoms with Crippen LogP contribution >= 0.6 is 15.9 Å². The van der Waals surface area contributed by atoms with Crippen molar-refractivity contribution in [2.75, 3.05) is 0 Å². The molecule has 152 valence electrons. The van der Waals surface area contributed by atoms with E-state index in [0.29, 0.717) is 17.7 Å². The first kappa shape index (κ1) is 22.3. The summed E-state index contributed by atoms with van der Waals surface area (Å²) < 4.78 is 106. The molecule has 3 nitrogen and oxygen atoms in total. The molecular formula is C17H11BrF6O3S. The van der Waals surface area contributed by atoms with E-state index in [0.717, 1.165) is 24.3 Å². The number of halogens is 7. The van der Waals surface area contributed by atoms with E-state index in [1.165, 1.54) is 12.1 Å². The number of rotatable bonds is 4. The first-order valence-electron chi connectivity index (χ1n) is 7.37. The van der Waals surface area contributed by atoms with Crippen LogP contribution in [0.2, 0.25) is 0 Å². The standard InChI is InChI=1S/C17H11BrF6O3S/c1-10-2-8-13(9-3-10)28(25,26)27-15(17(22,23)24)14(18)11-4-6-12(7-5-11)16(19,20)21/h2-9H,1H3/b15-14+. The highest BCUT2D eigenvalue weighted by Gasteiger charge is 2.42. The van der Waals surface area contributed by atoms with E-state index < -0.39 is 43.2 Å². The van der Waals surface area contributed by atoms with Gasteiger partial charge in [-0.1, -0.05) is 29.8 Å². The van der Waals surface area contributed by atoms with Gasteiger partial charge in [-0.3, -0.25) is 0 Å². The Kier molecular flexibility index (Phi) is 6.19. The zero-order valence-corrected chi connectivity index (χ0v) is 16.3. The molecule has 0 aliphatic rings. The number of benzene rings is 2. The van der Waals surface area contributed by atoms with Crippen molar-refractivity contribution >= 4 is 30.5 Å². The fourth-order valence-electron chi connectivity index (χ4n) is 2.01. The zero-order chi connectivity index (χ0) is 21.3. The third kappa shape index (κ3) is 5.28. The molecule has 0 aliphatic heterocycles. The topological polar surface area (TPSA) is 43.4 Å². The van der Waals surface area contributed by atoms with Crippen molar-refractivity contribution in [2.24, 2.45) is 0 Å². The van der Waals surface area contributed by atoms with Crippen LogP contribution in [0.1, 0.15) is 16.7 Å². The van der Waals surface area contributed by atoms with E-state index in [4.69, 9.17) is 0 Å². The maximum Gasteiger partial charge on any atom is 0.451 e. The van der Waals surface area contributed by atoms with E-state index in [9.17, 15) is 34.8 Å². The van der Waals surface area contributed by atoms with Gasteiger partial charge in [0.25, 0.3) is 0 Å². The smallest absolute Gasteiger partial charge is 0.372 e. The summed E-state index contributed by atoms with van der Waals surface area (Å²) in [6.45, 7) is 1.65. The quantitative estimate of drug-likeness (QED) is 0.299. The predicted octanol–water partition coefficient (Wildman–Crippen LogP) is 6.05. The van der Waals surface area contributed by atoms with Crippen LogP contribution in [0.3, 0.4) is 0 Å². The van der Waals surface area contributed by atoms with E-state index in [-0.39, 0.29) is 5.56 Å². The van der Waals surface area contributed by atoms with Crippen molar-refractivity contribution in [1.29, 1.82) is 0 Å². The summed E-state index contributed by atoms with van der Waals surface area (Å²) >= 11 is 2.59. The predicted molar refractivity (Wildman–Crippen MR) is 92.8 cm³/mol. The van der Waals surface area contributed by atoms with Crippen LogP contribution in [0.4, 0.5) is 26.3 Å². The molecular weight excluding hydrogens is 478 g/mol. The van der Waals surface area contributed by atoms with Gasteiger partial charge in [-0.25, -0.2) is 0 Å². The Balaban J connectivity index is 2.49. The van der Waals surface area contributed by atoms with Gasteiger partial charge in [0.2, 0.25) is 5.76 Å². The molecule has 2 rings (SSSR count). The van der Waals surface area contributed by atoms with Gasteiger partial charge in [0.05, 0.1) is 10.0 Å². The molecule has 11 heteroatoms. The summed E-state index contributed by atoms with van der Waals surface area (Å²) in [5.74, 6) is -1.91. The number of allylic oxidation sites excluding steroid dienone is 1. The lowest BCUT2D eigenvalue weighted by Crippen LogP contribution is -2.20. The molecule has 0 aliphatic carbocycles. The molecule has 0 spiro atoms. The van der Waals surface area contributed by atoms with Gasteiger partial charge < -0.3 is 4.18 Å². The molecule has 2 aromatic carbocycles. The third-order valence-electron chi connectivity index (χ3n) is 3.43. The second-order valence-electron chi connectivity index (χ2n) is 5.57. The fourth-order valence-corrected chi connectivity index (χ4v) is 3.65. The van der Waals surface area contributed by atoms with Crippen LogP contribution in [0.15, 0.2) is 59.2 Å². The molecule has 0 radical (unpaired) electrons. The van der Waals surface area contributed by atoms with Crippen LogP contribution in [0, 0.1) is 6.92 Å². The minimum absolute atomic E-state index is 0.348. The zero-order valence-electron chi connectivity index (χ0n) is 13.9. The van der Waals surface area contributed by atoms with Gasteiger partial charge in [0, 0.05) is 0 Å². The van der Waals surface area contributed by atoms with Gasteiger partial charge in [-0.2, -0.15) is 34.8 Å². The maximum atomic E-state index is 13.4. The van der Waals surface area contributed by atoms with Gasteiger partial charge in [0.1, 0.15) is 4.90 Å². The van der Waals surface area contributed by atoms with Crippen LogP contribution < -0.4 is 0 Å². The monoisotopic (exact) mass is 488 g/mol. The Morgan fingerprint density at radius 2 is 1.39 bits per heavy atom. The van der Waals surface area contributed by atoms with Crippen molar-refractivity contribution < 1.29 is 38.9 Å². The maximum absolute atomic E-state index is 13.4. The summed E-state index contributed by atoms with van der Waals surface area (Å²) in [5, 5.41) is 0. The Hall–Kier alpha value is -2.01. The Morgan fingerprint density at radius 3 is 1.82 bits per heavy atom. The number of hydrogen-bond donors (Lipinski definition) is 0. The SMILES string of the molecule is Cc1ccc(S(=O)(=O)O/C(=C(/Br)c2ccc(C(F)(F)F)cc2)C(F)(F)F)cc1. The number of alkyl halides is 6. The Bertz CT molecular complexity index is 976. The lowest BCUT2D eigenvalue weighted by Gasteiger charge is -2.16. The molecule has 0 heterocycles. The van der Waals surface area contributed by atoms with E-state index >= 15 is 0 Å². The Morgan fingerprint density at radius 1 is 0.893 bits per heavy atom. The summed E-state index contributed by atoms with van der Waals surface area (Å²) in [6.07, 6.45) is -9.91. The van der Waals surface area contributed by atoms with Crippen molar-refractivity contribution in [3.05, 3.63) is 71.0 Å². The van der Waals surface area contributed by atoms with Crippen LogP contribution in [-0.2, 0) is 20.5 Å². The number of hydrogen-bond acceptors (Lipinski definition) is 3. The van der Waals surface area contributed by atoms with Crippen LogP contribution in [-0.4, -0.2) is 14.6 Å². The average Bonchev–Trinajstić information content (AvgIpc) is 2.58. The lowest BCUT2D eigenvalue weighted by atomic mass is 10.1. The highest BCUT2D eigenvalue weighted by molar-refractivity contribution is 9.15. The van der Waals surface area contributed by atoms with Gasteiger partial charge >= 0.3 is 22.5 Å². The largest absolute Gasteiger partial charge is 0.451 e. The highest BCUT2D eigenvalue weighted by atomic mass is 79.9. The molecule has 0 saturated carbocycles. The van der Waals surface area contributed by atoms with Gasteiger partial charge in [-0.15, -0.1) is 0 Å². The van der Waals surface area contributed by atoms with E-state index in [2.05, 4.69) is 20.1 Å². The highest BCUT2D eigenvalue weighted by Crippen LogP contribution is 2.39. The molecule has 0 atom stereocenters. The first-order valence-corrected chi connectivity index (χ1v) is 9.58. The fraction of sp³-hybridized carbons (Fsp3) is 0.176. The molecule has 0 N–H and O–H groups in total. The molecule has 28 heavy (non-hydrogen) atoms. The average molecular weight is 489 g/mol. The normalized spacial score (nSPS) is 13.9. The summed E-state index contributed by atoms with van der Waals surface area (Å²) in [5.41, 5.74) is -0.741.